The largest absolute Gasteiger partial charge is 0.497 e. The van der Waals surface area contributed by atoms with Gasteiger partial charge >= 0.3 is 0 Å². The molecule has 33 heavy (non-hydrogen) atoms. The smallest absolute Gasteiger partial charge is 0.285 e. The highest BCUT2D eigenvalue weighted by Gasteiger charge is 2.34. The number of amides is 2. The number of methoxy groups -OCH3 is 1. The Morgan fingerprint density at radius 1 is 1.03 bits per heavy atom. The first-order chi connectivity index (χ1) is 16.0. The summed E-state index contributed by atoms with van der Waals surface area (Å²) in [6.45, 7) is 0.407. The number of hydrazine groups is 1. The molecule has 0 spiro atoms. The summed E-state index contributed by atoms with van der Waals surface area (Å²) >= 11 is 6.45. The highest BCUT2D eigenvalue weighted by atomic mass is 32.2. The van der Waals surface area contributed by atoms with Gasteiger partial charge < -0.3 is 9.47 Å². The Kier molecular flexibility index (Phi) is 7.07. The minimum Gasteiger partial charge on any atom is -0.497 e. The number of rotatable bonds is 7. The molecule has 0 aliphatic carbocycles. The van der Waals surface area contributed by atoms with Crippen LogP contribution in [0.3, 0.4) is 0 Å². The fraction of sp³-hybridized carbons (Fsp3) is 0.0800. The lowest BCUT2D eigenvalue weighted by atomic mass is 10.2. The fourth-order valence-corrected chi connectivity index (χ4v) is 4.25. The van der Waals surface area contributed by atoms with Gasteiger partial charge in [0.15, 0.2) is 4.32 Å². The monoisotopic (exact) mass is 476 g/mol. The molecule has 0 unspecified atom stereocenters. The van der Waals surface area contributed by atoms with Crippen molar-refractivity contribution in [3.63, 3.8) is 0 Å². The first-order valence-corrected chi connectivity index (χ1v) is 11.3. The van der Waals surface area contributed by atoms with E-state index in [1.54, 1.807) is 37.5 Å². The first kappa shape index (κ1) is 22.6. The van der Waals surface area contributed by atoms with Crippen LogP contribution in [-0.4, -0.2) is 28.3 Å². The number of ether oxygens (including phenoxy) is 2. The molecule has 1 saturated heterocycles. The predicted molar refractivity (Wildman–Crippen MR) is 133 cm³/mol. The third-order valence-corrected chi connectivity index (χ3v) is 6.10. The Hall–Kier alpha value is -3.62. The fourth-order valence-electron chi connectivity index (χ4n) is 3.08. The first-order valence-electron chi connectivity index (χ1n) is 10.0. The van der Waals surface area contributed by atoms with Crippen molar-refractivity contribution in [2.24, 2.45) is 0 Å². The third kappa shape index (κ3) is 5.42. The number of benzene rings is 3. The van der Waals surface area contributed by atoms with E-state index >= 15 is 0 Å². The molecule has 1 N–H and O–H groups in total. The van der Waals surface area contributed by atoms with Gasteiger partial charge in [0.05, 0.1) is 12.0 Å². The van der Waals surface area contributed by atoms with Gasteiger partial charge in [-0.3, -0.25) is 15.0 Å². The second-order valence-corrected chi connectivity index (χ2v) is 8.67. The van der Waals surface area contributed by atoms with Crippen molar-refractivity contribution in [3.8, 4) is 11.5 Å². The van der Waals surface area contributed by atoms with Crippen molar-refractivity contribution in [2.45, 2.75) is 6.61 Å². The van der Waals surface area contributed by atoms with Crippen molar-refractivity contribution in [3.05, 3.63) is 100 Å². The van der Waals surface area contributed by atoms with Crippen LogP contribution in [0.25, 0.3) is 6.08 Å². The van der Waals surface area contributed by atoms with Crippen LogP contribution < -0.4 is 14.9 Å². The molecule has 0 aromatic heterocycles. The lowest BCUT2D eigenvalue weighted by Crippen LogP contribution is -2.44. The summed E-state index contributed by atoms with van der Waals surface area (Å²) in [6.07, 6.45) is 1.72. The lowest BCUT2D eigenvalue weighted by Gasteiger charge is -2.15. The molecule has 166 valence electrons. The number of carbonyl (C=O) groups excluding carboxylic acids is 2. The van der Waals surface area contributed by atoms with Gasteiger partial charge in [-0.25, -0.2) is 0 Å². The molecule has 1 fully saturated rings. The maximum absolute atomic E-state index is 13.0. The van der Waals surface area contributed by atoms with Crippen LogP contribution in [0.1, 0.15) is 21.5 Å². The van der Waals surface area contributed by atoms with Crippen LogP contribution in [-0.2, 0) is 11.4 Å². The average molecular weight is 477 g/mol. The molecule has 4 rings (SSSR count). The van der Waals surface area contributed by atoms with Crippen LogP contribution in [0.2, 0.25) is 0 Å². The van der Waals surface area contributed by atoms with Crippen molar-refractivity contribution < 1.29 is 19.1 Å². The Morgan fingerprint density at radius 3 is 2.45 bits per heavy atom. The molecule has 1 aliphatic heterocycles. The van der Waals surface area contributed by atoms with Gasteiger partial charge in [0.25, 0.3) is 11.8 Å². The van der Waals surface area contributed by atoms with E-state index in [2.05, 4.69) is 5.43 Å². The van der Waals surface area contributed by atoms with E-state index in [1.165, 1.54) is 0 Å². The van der Waals surface area contributed by atoms with Gasteiger partial charge in [0.2, 0.25) is 0 Å². The Labute approximate surface area is 201 Å². The van der Waals surface area contributed by atoms with E-state index in [-0.39, 0.29) is 4.32 Å². The number of carbonyl (C=O) groups is 2. The van der Waals surface area contributed by atoms with Gasteiger partial charge in [-0.15, -0.1) is 0 Å². The highest BCUT2D eigenvalue weighted by Crippen LogP contribution is 2.33. The van der Waals surface area contributed by atoms with Gasteiger partial charge in [0, 0.05) is 11.1 Å². The summed E-state index contributed by atoms with van der Waals surface area (Å²) in [5, 5.41) is 1.09. The van der Waals surface area contributed by atoms with E-state index in [0.717, 1.165) is 27.9 Å². The number of hydrogen-bond acceptors (Lipinski definition) is 6. The Morgan fingerprint density at radius 2 is 1.73 bits per heavy atom. The van der Waals surface area contributed by atoms with Crippen LogP contribution in [0.4, 0.5) is 0 Å². The maximum atomic E-state index is 13.0. The second kappa shape index (κ2) is 10.3. The number of nitrogens with zero attached hydrogens (tertiary/aromatic N) is 1. The zero-order valence-corrected chi connectivity index (χ0v) is 19.3. The summed E-state index contributed by atoms with van der Waals surface area (Å²) < 4.78 is 11.3. The molecule has 0 bridgehead atoms. The van der Waals surface area contributed by atoms with Gasteiger partial charge in [-0.1, -0.05) is 60.3 Å². The van der Waals surface area contributed by atoms with Crippen LogP contribution in [0.5, 0.6) is 11.5 Å². The Balaban J connectivity index is 1.48. The molecule has 1 heterocycles. The zero-order chi connectivity index (χ0) is 23.2. The summed E-state index contributed by atoms with van der Waals surface area (Å²) in [7, 11) is 1.55. The van der Waals surface area contributed by atoms with Crippen LogP contribution >= 0.6 is 24.0 Å². The van der Waals surface area contributed by atoms with Crippen LogP contribution in [0, 0.1) is 0 Å². The molecule has 6 nitrogen and oxygen atoms in total. The topological polar surface area (TPSA) is 67.9 Å². The molecular weight excluding hydrogens is 456 g/mol. The molecule has 0 saturated carbocycles. The van der Waals surface area contributed by atoms with Crippen molar-refractivity contribution in [2.75, 3.05) is 7.11 Å². The molecule has 0 atom stereocenters. The minimum atomic E-state index is -0.443. The molecule has 1 aliphatic rings. The van der Waals surface area contributed by atoms with Crippen molar-refractivity contribution in [1.82, 2.24) is 10.4 Å². The zero-order valence-electron chi connectivity index (χ0n) is 17.7. The molecule has 0 radical (unpaired) electrons. The molecule has 8 heteroatoms. The van der Waals surface area contributed by atoms with Gasteiger partial charge in [0.1, 0.15) is 18.1 Å². The average Bonchev–Trinajstić information content (AvgIpc) is 3.11. The normalized spacial score (nSPS) is 14.5. The summed E-state index contributed by atoms with van der Waals surface area (Å²) in [5.41, 5.74) is 4.75. The number of hydrogen-bond donors (Lipinski definition) is 1. The van der Waals surface area contributed by atoms with Crippen LogP contribution in [0.15, 0.2) is 83.8 Å². The summed E-state index contributed by atoms with van der Waals surface area (Å²) in [6, 6.07) is 23.9. The van der Waals surface area contributed by atoms with Crippen molar-refractivity contribution >= 4 is 46.2 Å². The lowest BCUT2D eigenvalue weighted by molar-refractivity contribution is -0.123. The van der Waals surface area contributed by atoms with E-state index in [1.807, 2.05) is 54.6 Å². The number of nitrogens with one attached hydrogen (secondary N) is 1. The Bertz CT molecular complexity index is 1210. The van der Waals surface area contributed by atoms with E-state index in [4.69, 9.17) is 21.7 Å². The number of thioether (sulfide) groups is 1. The highest BCUT2D eigenvalue weighted by molar-refractivity contribution is 8.26. The second-order valence-electron chi connectivity index (χ2n) is 7.00. The van der Waals surface area contributed by atoms with Gasteiger partial charge in [-0.2, -0.15) is 5.01 Å². The SMILES string of the molecule is COc1ccc(C(=O)NN2C(=O)/C(=C\c3ccccc3OCc3ccccc3)SC2=S)cc1. The standard InChI is InChI=1S/C25H20N2O4S2/c1-30-20-13-11-18(12-14-20)23(28)26-27-24(29)22(33-25(27)32)15-19-9-5-6-10-21(19)31-16-17-7-3-2-4-8-17/h2-15H,16H2,1H3,(H,26,28)/b22-15+. The van der Waals surface area contributed by atoms with Gasteiger partial charge in [-0.05, 0) is 54.2 Å². The molecule has 2 amide bonds. The number of thiocarbonyl (C=S) groups is 1. The van der Waals surface area contributed by atoms with Crippen molar-refractivity contribution in [1.29, 1.82) is 0 Å². The molecule has 3 aromatic carbocycles. The predicted octanol–water partition coefficient (Wildman–Crippen LogP) is 4.82. The molecule has 3 aromatic rings. The maximum Gasteiger partial charge on any atom is 0.285 e. The van der Waals surface area contributed by atoms with E-state index < -0.39 is 11.8 Å². The van der Waals surface area contributed by atoms with E-state index in [0.29, 0.717) is 28.6 Å². The summed E-state index contributed by atoms with van der Waals surface area (Å²) in [5.74, 6) is 0.439. The third-order valence-electron chi connectivity index (χ3n) is 4.80. The quantitative estimate of drug-likeness (QED) is 0.390. The summed E-state index contributed by atoms with van der Waals surface area (Å²) in [4.78, 5) is 25.9. The number of para-hydroxylation sites is 1. The molecular formula is C25H20N2O4S2. The minimum absolute atomic E-state index is 0.246. The van der Waals surface area contributed by atoms with E-state index in [9.17, 15) is 9.59 Å².